The Hall–Kier alpha value is -8.77. The van der Waals surface area contributed by atoms with Crippen molar-refractivity contribution >= 4 is 40.6 Å². The number of hydrogen-bond acceptors (Lipinski definition) is 15. The Kier molecular flexibility index (Phi) is 20.6. The summed E-state index contributed by atoms with van der Waals surface area (Å²) < 4.78 is 106. The van der Waals surface area contributed by atoms with E-state index in [2.05, 4.69) is 50.8 Å². The number of ether oxygens (including phenoxy) is 2. The summed E-state index contributed by atoms with van der Waals surface area (Å²) in [6, 6.07) is 6.39. The SMILES string of the molecule is C.Fc1ccc2c(c1CCc1ncc(C3=CCCCC3)c3nncn13)CCO2.O=C(O)c1cnco1.O=C(c1cnco1)N1CC=C(c2cnc(CCc3c(F)ccc4c3CCO4)n3cnnc23)CC1.O=CC(F)(F)F.[2H]CC.[2H]CF. The number of aromatic carboxylic acids is 1. The van der Waals surface area contributed by atoms with Crippen molar-refractivity contribution in [3.05, 3.63) is 155 Å². The van der Waals surface area contributed by atoms with Crippen LogP contribution in [0.3, 0.4) is 0 Å². The second-order valence-electron chi connectivity index (χ2n) is 17.3. The van der Waals surface area contributed by atoms with Gasteiger partial charge in [0.2, 0.25) is 17.8 Å². The van der Waals surface area contributed by atoms with Crippen LogP contribution in [0.4, 0.5) is 26.3 Å². The smallest absolute Gasteiger partial charge is 0.446 e. The molecular weight excluding hydrogens is 1060 g/mol. The Morgan fingerprint density at radius 1 is 0.738 bits per heavy atom. The van der Waals surface area contributed by atoms with Crippen molar-refractivity contribution in [3.8, 4) is 11.5 Å². The van der Waals surface area contributed by atoms with Crippen LogP contribution in [0.15, 0.2) is 95.5 Å². The molecule has 0 spiro atoms. The average molecular weight is 1120 g/mol. The van der Waals surface area contributed by atoms with Crippen LogP contribution in [0.1, 0.15) is 122 Å². The molecule has 0 saturated carbocycles. The molecular formula is C55H59F6N11O8. The van der Waals surface area contributed by atoms with E-state index in [4.69, 9.17) is 26.5 Å². The molecule has 2 aromatic carbocycles. The fraction of sp³-hybridized carbons (Fsp3) is 0.364. The number of carboxylic acid groups (broad SMARTS) is 1. The Labute approximate surface area is 458 Å². The number of fused-ring (bicyclic) bond motifs is 4. The number of carbonyl (C=O) groups is 3. The summed E-state index contributed by atoms with van der Waals surface area (Å²) in [6.45, 7) is 4.51. The summed E-state index contributed by atoms with van der Waals surface area (Å²) in [5.74, 6) is 1.65. The minimum atomic E-state index is -4.64. The summed E-state index contributed by atoms with van der Waals surface area (Å²) in [5, 5.41) is 25.0. The lowest BCUT2D eigenvalue weighted by molar-refractivity contribution is -0.156. The van der Waals surface area contributed by atoms with Crippen LogP contribution in [0.2, 0.25) is 0 Å². The molecule has 19 nitrogen and oxygen atoms in total. The van der Waals surface area contributed by atoms with Gasteiger partial charge in [0.25, 0.3) is 5.91 Å². The Morgan fingerprint density at radius 3 is 1.65 bits per heavy atom. The molecule has 1 amide bonds. The highest BCUT2D eigenvalue weighted by Gasteiger charge is 2.26. The first kappa shape index (κ1) is 57.4. The molecule has 4 aliphatic rings. The number of oxazole rings is 2. The van der Waals surface area contributed by atoms with Crippen molar-refractivity contribution in [1.29, 1.82) is 0 Å². The Morgan fingerprint density at radius 2 is 1.24 bits per heavy atom. The van der Waals surface area contributed by atoms with E-state index in [1.807, 2.05) is 21.1 Å². The van der Waals surface area contributed by atoms with Crippen LogP contribution in [-0.4, -0.2) is 117 Å². The van der Waals surface area contributed by atoms with E-state index in [-0.39, 0.29) is 36.5 Å². The molecule has 9 heterocycles. The van der Waals surface area contributed by atoms with Crippen molar-refractivity contribution in [3.63, 3.8) is 0 Å². The molecule has 0 unspecified atom stereocenters. The zero-order valence-corrected chi connectivity index (χ0v) is 42.7. The molecule has 1 aliphatic carbocycles. The van der Waals surface area contributed by atoms with E-state index < -0.39 is 25.6 Å². The third kappa shape index (κ3) is 14.7. The van der Waals surface area contributed by atoms with Gasteiger partial charge < -0.3 is 28.3 Å². The first-order chi connectivity index (χ1) is 39.2. The lowest BCUT2D eigenvalue weighted by Gasteiger charge is -2.25. The molecule has 12 rings (SSSR count). The summed E-state index contributed by atoms with van der Waals surface area (Å²) in [6.07, 6.45) is 19.6. The number of carbonyl (C=O) groups excluding carboxylic acids is 2. The van der Waals surface area contributed by atoms with Gasteiger partial charge in [-0.15, -0.1) is 20.4 Å². The highest BCUT2D eigenvalue weighted by Crippen LogP contribution is 2.34. The van der Waals surface area contributed by atoms with Crippen molar-refractivity contribution in [1.82, 2.24) is 54.0 Å². The number of carboxylic acids is 1. The first-order valence-electron chi connectivity index (χ1n) is 26.2. The average Bonchev–Trinajstić information content (AvgIpc) is 4.50. The van der Waals surface area contributed by atoms with Gasteiger partial charge in [-0.1, -0.05) is 33.4 Å². The van der Waals surface area contributed by atoms with Gasteiger partial charge in [0.15, 0.2) is 24.1 Å². The number of allylic oxidation sites excluding steroid dienone is 2. The largest absolute Gasteiger partial charge is 0.493 e. The zero-order valence-electron chi connectivity index (χ0n) is 44.7. The molecule has 1 N–H and O–H groups in total. The monoisotopic (exact) mass is 1120 g/mol. The van der Waals surface area contributed by atoms with Gasteiger partial charge in [0.1, 0.15) is 47.4 Å². The fourth-order valence-corrected chi connectivity index (χ4v) is 9.18. The quantitative estimate of drug-likeness (QED) is 0.0991. The number of nitrogens with zero attached hydrogens (tertiary/aromatic N) is 11. The van der Waals surface area contributed by atoms with E-state index in [0.717, 1.165) is 100 Å². The van der Waals surface area contributed by atoms with Gasteiger partial charge in [-0.2, -0.15) is 13.2 Å². The van der Waals surface area contributed by atoms with Crippen LogP contribution in [0.5, 0.6) is 11.5 Å². The Balaban J connectivity index is 0.000000199. The number of benzene rings is 2. The molecule has 80 heavy (non-hydrogen) atoms. The maximum Gasteiger partial charge on any atom is 0.446 e. The van der Waals surface area contributed by atoms with E-state index >= 15 is 0 Å². The van der Waals surface area contributed by atoms with Gasteiger partial charge in [0.05, 0.1) is 34.1 Å². The second kappa shape index (κ2) is 28.7. The topological polar surface area (TPSA) is 231 Å². The second-order valence-corrected chi connectivity index (χ2v) is 17.3. The van der Waals surface area contributed by atoms with E-state index in [1.165, 1.54) is 43.1 Å². The maximum absolute atomic E-state index is 14.5. The van der Waals surface area contributed by atoms with Crippen LogP contribution >= 0.6 is 0 Å². The summed E-state index contributed by atoms with van der Waals surface area (Å²) in [4.78, 5) is 49.4. The van der Waals surface area contributed by atoms with Crippen molar-refractivity contribution < 1.29 is 66.9 Å². The van der Waals surface area contributed by atoms with E-state index in [9.17, 15) is 35.9 Å². The summed E-state index contributed by atoms with van der Waals surface area (Å²) in [7, 11) is -1.00. The van der Waals surface area contributed by atoms with Gasteiger partial charge in [-0.3, -0.25) is 22.8 Å². The van der Waals surface area contributed by atoms with Crippen LogP contribution in [0, 0.1) is 11.6 Å². The fourth-order valence-electron chi connectivity index (χ4n) is 9.18. The third-order valence-electron chi connectivity index (χ3n) is 12.8. The van der Waals surface area contributed by atoms with Gasteiger partial charge in [-0.05, 0) is 91.5 Å². The lowest BCUT2D eigenvalue weighted by Crippen LogP contribution is -2.34. The number of halogens is 6. The predicted molar refractivity (Wildman–Crippen MR) is 280 cm³/mol. The van der Waals surface area contributed by atoms with Gasteiger partial charge >= 0.3 is 12.1 Å². The third-order valence-corrected chi connectivity index (χ3v) is 12.8. The number of aromatic nitrogens is 10. The number of aryl methyl sites for hydroxylation is 2. The molecule has 25 heteroatoms. The standard InChI is InChI=1S/C24H21FN6O3.C21H21FN4O.C4H3NO3.C2HF3O.C2H6.CH3F.CH4/c25-19-2-3-20-17(7-10-33-20)16(19)1-4-22-27-11-18(23-29-28-13-31(22)23)15-5-8-30(9-6-15)24(32)21-12-26-14-34-21;22-18-7-8-19-16(10-11-27-19)15(18)6-9-20-23-12-17(14-4-2-1-3-5-14)21-25-24-13-26(20)21;6-4(7)3-1-5-2-8-3;3-2(4,5)1-6;2*1-2;/h2-3,5,11-14H,1,4,6-10H2;4,7-8,12-13H,1-3,5-6,9-11H2;1-2H,(H,6,7);1H;1-2H3;1H3;1H4/i;;;;2*1D;. The van der Waals surface area contributed by atoms with Gasteiger partial charge in [0, 0.05) is 74.8 Å². The number of alkyl halides is 4. The minimum absolute atomic E-state index is 0. The van der Waals surface area contributed by atoms with Gasteiger partial charge in [-0.25, -0.2) is 33.5 Å². The molecule has 0 radical (unpaired) electrons. The normalized spacial score (nSPS) is 14.2. The van der Waals surface area contributed by atoms with Crippen molar-refractivity contribution in [2.24, 2.45) is 0 Å². The van der Waals surface area contributed by atoms with E-state index in [1.54, 1.807) is 42.8 Å². The predicted octanol–water partition coefficient (Wildman–Crippen LogP) is 10.2. The molecule has 3 aliphatic heterocycles. The molecule has 6 aromatic heterocycles. The molecule has 0 bridgehead atoms. The molecule has 8 aromatic rings. The van der Waals surface area contributed by atoms with Crippen LogP contribution in [0.25, 0.3) is 22.4 Å². The highest BCUT2D eigenvalue weighted by atomic mass is 19.4. The first-order valence-corrected chi connectivity index (χ1v) is 24.8. The van der Waals surface area contributed by atoms with Crippen LogP contribution < -0.4 is 9.47 Å². The summed E-state index contributed by atoms with van der Waals surface area (Å²) in [5.41, 5.74) is 9.24. The number of hydrogen-bond donors (Lipinski definition) is 1. The highest BCUT2D eigenvalue weighted by molar-refractivity contribution is 5.92. The zero-order chi connectivity index (χ0) is 57.9. The molecule has 424 valence electrons. The molecule has 0 saturated heterocycles. The minimum Gasteiger partial charge on any atom is -0.493 e. The van der Waals surface area contributed by atoms with E-state index in [0.29, 0.717) is 76.5 Å². The lowest BCUT2D eigenvalue weighted by atomic mass is 9.95. The molecule has 0 atom stereocenters. The van der Waals surface area contributed by atoms with Crippen molar-refractivity contribution in [2.45, 2.75) is 98.1 Å². The number of aldehydes is 1. The maximum atomic E-state index is 14.5. The number of amides is 1. The number of rotatable bonds is 10. The summed E-state index contributed by atoms with van der Waals surface area (Å²) >= 11 is 0. The van der Waals surface area contributed by atoms with Crippen molar-refractivity contribution in [2.75, 3.05) is 33.5 Å². The Bertz CT molecular complexity index is 3450. The van der Waals surface area contributed by atoms with Crippen LogP contribution in [-0.2, 0) is 43.3 Å². The molecule has 0 fully saturated rings.